The summed E-state index contributed by atoms with van der Waals surface area (Å²) >= 11 is 1.10. The maximum absolute atomic E-state index is 13.8. The van der Waals surface area contributed by atoms with Gasteiger partial charge < -0.3 is 4.90 Å². The molecule has 2 nitrogen and oxygen atoms in total. The van der Waals surface area contributed by atoms with Gasteiger partial charge in [-0.2, -0.15) is 13.2 Å². The fourth-order valence-electron chi connectivity index (χ4n) is 2.71. The van der Waals surface area contributed by atoms with E-state index in [4.69, 9.17) is 0 Å². The highest BCUT2D eigenvalue weighted by Gasteiger charge is 2.37. The van der Waals surface area contributed by atoms with Crippen LogP contribution in [0.4, 0.5) is 26.3 Å². The van der Waals surface area contributed by atoms with Crippen LogP contribution in [-0.2, 0) is 17.5 Å². The Labute approximate surface area is 148 Å². The smallest absolute Gasteiger partial charge is 0.322 e. The van der Waals surface area contributed by atoms with Gasteiger partial charge in [0.1, 0.15) is 22.8 Å². The largest absolute Gasteiger partial charge is 0.419 e. The van der Waals surface area contributed by atoms with Crippen LogP contribution in [-0.4, -0.2) is 16.6 Å². The van der Waals surface area contributed by atoms with E-state index in [9.17, 15) is 31.1 Å². The molecule has 1 atom stereocenters. The minimum Gasteiger partial charge on any atom is -0.322 e. The zero-order valence-corrected chi connectivity index (χ0v) is 13.8. The van der Waals surface area contributed by atoms with E-state index in [0.717, 1.165) is 36.0 Å². The molecular weight excluding hydrogens is 380 g/mol. The first-order chi connectivity index (χ1) is 12.1. The van der Waals surface area contributed by atoms with E-state index in [2.05, 4.69) is 0 Å². The lowest BCUT2D eigenvalue weighted by atomic mass is 10.1. The molecule has 0 bridgehead atoms. The first-order valence-corrected chi connectivity index (χ1v) is 8.43. The highest BCUT2D eigenvalue weighted by Crippen LogP contribution is 2.41. The third-order valence-corrected chi connectivity index (χ3v) is 5.08. The van der Waals surface area contributed by atoms with Crippen LogP contribution in [0.5, 0.6) is 0 Å². The number of halogens is 6. The number of benzene rings is 2. The monoisotopic (exact) mass is 391 g/mol. The molecular formula is C17H11F6NOS. The molecule has 2 aromatic rings. The van der Waals surface area contributed by atoms with Gasteiger partial charge in [-0.25, -0.2) is 13.2 Å². The van der Waals surface area contributed by atoms with Crippen molar-refractivity contribution >= 4 is 17.7 Å². The highest BCUT2D eigenvalue weighted by molar-refractivity contribution is 8.00. The number of nitrogens with zero attached hydrogens (tertiary/aromatic N) is 1. The molecule has 9 heteroatoms. The van der Waals surface area contributed by atoms with Crippen LogP contribution in [0.3, 0.4) is 0 Å². The topological polar surface area (TPSA) is 20.3 Å². The summed E-state index contributed by atoms with van der Waals surface area (Å²) in [5.41, 5.74) is -1.03. The Morgan fingerprint density at radius 3 is 2.27 bits per heavy atom. The second kappa shape index (κ2) is 6.86. The van der Waals surface area contributed by atoms with Gasteiger partial charge in [0.25, 0.3) is 0 Å². The summed E-state index contributed by atoms with van der Waals surface area (Å²) in [5, 5.41) is -0.745. The molecule has 3 rings (SSSR count). The zero-order chi connectivity index (χ0) is 19.1. The number of amides is 1. The Bertz CT molecular complexity index is 833. The number of hydrogen-bond acceptors (Lipinski definition) is 2. The third kappa shape index (κ3) is 3.82. The summed E-state index contributed by atoms with van der Waals surface area (Å²) < 4.78 is 78.5. The van der Waals surface area contributed by atoms with Crippen LogP contribution < -0.4 is 0 Å². The van der Waals surface area contributed by atoms with Crippen LogP contribution in [0.1, 0.15) is 22.1 Å². The van der Waals surface area contributed by atoms with Gasteiger partial charge in [-0.15, -0.1) is 11.8 Å². The number of thioether (sulfide) groups is 1. The minimum absolute atomic E-state index is 0.0328. The predicted octanol–water partition coefficient (Wildman–Crippen LogP) is 4.90. The van der Waals surface area contributed by atoms with E-state index in [0.29, 0.717) is 12.1 Å². The van der Waals surface area contributed by atoms with Gasteiger partial charge in [0.15, 0.2) is 0 Å². The molecule has 0 saturated carbocycles. The van der Waals surface area contributed by atoms with Crippen molar-refractivity contribution in [1.82, 2.24) is 4.90 Å². The lowest BCUT2D eigenvalue weighted by molar-refractivity contribution is -0.140. The van der Waals surface area contributed by atoms with Gasteiger partial charge in [0, 0.05) is 12.6 Å². The molecule has 1 aliphatic rings. The lowest BCUT2D eigenvalue weighted by Crippen LogP contribution is -2.28. The molecule has 0 radical (unpaired) electrons. The molecule has 2 aromatic carbocycles. The highest BCUT2D eigenvalue weighted by atomic mass is 32.2. The van der Waals surface area contributed by atoms with E-state index in [1.807, 2.05) is 0 Å². The molecule has 1 unspecified atom stereocenters. The van der Waals surface area contributed by atoms with E-state index in [1.165, 1.54) is 4.90 Å². The van der Waals surface area contributed by atoms with Crippen LogP contribution in [0.15, 0.2) is 36.4 Å². The van der Waals surface area contributed by atoms with Crippen molar-refractivity contribution in [3.05, 3.63) is 70.5 Å². The van der Waals surface area contributed by atoms with Gasteiger partial charge >= 0.3 is 6.18 Å². The second-order valence-electron chi connectivity index (χ2n) is 5.70. The molecule has 138 valence electrons. The molecule has 1 amide bonds. The van der Waals surface area contributed by atoms with Crippen LogP contribution >= 0.6 is 11.8 Å². The van der Waals surface area contributed by atoms with Gasteiger partial charge in [-0.05, 0) is 35.4 Å². The standard InChI is InChI=1S/C17H11F6NOS/c18-11-3-9(4-12(19)6-11)7-24-15(25)8-26-16(24)10-1-2-13(14(20)5-10)17(21,22)23/h1-6,16H,7-8H2. The fourth-order valence-corrected chi connectivity index (χ4v) is 3.89. The molecule has 0 aromatic heterocycles. The molecule has 1 aliphatic heterocycles. The number of alkyl halides is 3. The Morgan fingerprint density at radius 1 is 1.04 bits per heavy atom. The van der Waals surface area contributed by atoms with Crippen molar-refractivity contribution in [2.45, 2.75) is 18.1 Å². The number of carbonyl (C=O) groups excluding carboxylic acids is 1. The van der Waals surface area contributed by atoms with Crippen molar-refractivity contribution in [2.75, 3.05) is 5.75 Å². The molecule has 0 N–H and O–H groups in total. The molecule has 26 heavy (non-hydrogen) atoms. The second-order valence-corrected chi connectivity index (χ2v) is 6.77. The Balaban J connectivity index is 1.89. The van der Waals surface area contributed by atoms with Gasteiger partial charge in [-0.1, -0.05) is 6.07 Å². The van der Waals surface area contributed by atoms with E-state index in [1.54, 1.807) is 0 Å². The van der Waals surface area contributed by atoms with Crippen molar-refractivity contribution in [1.29, 1.82) is 0 Å². The Hall–Kier alpha value is -2.16. The molecule has 1 saturated heterocycles. The number of carbonyl (C=O) groups is 1. The van der Waals surface area contributed by atoms with Crippen LogP contribution in [0.25, 0.3) is 0 Å². The van der Waals surface area contributed by atoms with Gasteiger partial charge in [0.05, 0.1) is 11.3 Å². The fraction of sp³-hybridized carbons (Fsp3) is 0.235. The van der Waals surface area contributed by atoms with E-state index >= 15 is 0 Å². The van der Waals surface area contributed by atoms with E-state index < -0.39 is 34.6 Å². The maximum Gasteiger partial charge on any atom is 0.419 e. The van der Waals surface area contributed by atoms with Crippen molar-refractivity contribution in [3.8, 4) is 0 Å². The predicted molar refractivity (Wildman–Crippen MR) is 83.5 cm³/mol. The van der Waals surface area contributed by atoms with Gasteiger partial charge in [-0.3, -0.25) is 4.79 Å². The first kappa shape index (κ1) is 18.6. The lowest BCUT2D eigenvalue weighted by Gasteiger charge is -2.25. The summed E-state index contributed by atoms with van der Waals surface area (Å²) in [6.45, 7) is -0.145. The SMILES string of the molecule is O=C1CSC(c2ccc(C(F)(F)F)c(F)c2)N1Cc1cc(F)cc(F)c1. The van der Waals surface area contributed by atoms with Crippen molar-refractivity contribution < 1.29 is 31.1 Å². The van der Waals surface area contributed by atoms with Gasteiger partial charge in [0.2, 0.25) is 5.91 Å². The minimum atomic E-state index is -4.82. The molecule has 1 heterocycles. The summed E-state index contributed by atoms with van der Waals surface area (Å²) in [6, 6.07) is 5.26. The van der Waals surface area contributed by atoms with E-state index in [-0.39, 0.29) is 29.3 Å². The van der Waals surface area contributed by atoms with Crippen LogP contribution in [0, 0.1) is 17.5 Å². The molecule has 1 fully saturated rings. The number of hydrogen-bond donors (Lipinski definition) is 0. The first-order valence-electron chi connectivity index (χ1n) is 7.38. The average Bonchev–Trinajstić information content (AvgIpc) is 2.86. The summed E-state index contributed by atoms with van der Waals surface area (Å²) in [6.07, 6.45) is -4.82. The normalized spacial score (nSPS) is 17.8. The summed E-state index contributed by atoms with van der Waals surface area (Å²) in [7, 11) is 0. The van der Waals surface area contributed by atoms with Crippen molar-refractivity contribution in [2.24, 2.45) is 0 Å². The molecule has 0 aliphatic carbocycles. The number of rotatable bonds is 3. The Morgan fingerprint density at radius 2 is 1.69 bits per heavy atom. The zero-order valence-electron chi connectivity index (χ0n) is 13.0. The van der Waals surface area contributed by atoms with Crippen LogP contribution in [0.2, 0.25) is 0 Å². The average molecular weight is 391 g/mol. The maximum atomic E-state index is 13.8. The quantitative estimate of drug-likeness (QED) is 0.694. The summed E-state index contributed by atoms with van der Waals surface area (Å²) in [5.74, 6) is -3.38. The molecule has 0 spiro atoms. The van der Waals surface area contributed by atoms with Crippen molar-refractivity contribution in [3.63, 3.8) is 0 Å². The Kier molecular flexibility index (Phi) is 4.92. The summed E-state index contributed by atoms with van der Waals surface area (Å²) in [4.78, 5) is 13.3. The third-order valence-electron chi connectivity index (χ3n) is 3.83.